The van der Waals surface area contributed by atoms with Crippen molar-refractivity contribution in [2.24, 2.45) is 0 Å². The highest BCUT2D eigenvalue weighted by Gasteiger charge is 2.16. The average Bonchev–Trinajstić information content (AvgIpc) is 2.85. The zero-order valence-electron chi connectivity index (χ0n) is 10.6. The largest absolute Gasteiger partial charge is 0.468 e. The Bertz CT molecular complexity index is 891. The number of furan rings is 1. The molecule has 0 aliphatic carbocycles. The fourth-order valence-corrected chi connectivity index (χ4v) is 2.84. The number of benzene rings is 1. The smallest absolute Gasteiger partial charge is 0.314 e. The molecule has 0 aliphatic heterocycles. The maximum atomic E-state index is 11.4. The van der Waals surface area contributed by atoms with Gasteiger partial charge in [0.15, 0.2) is 0 Å². The molecule has 0 saturated carbocycles. The second-order valence-corrected chi connectivity index (χ2v) is 5.46. The van der Waals surface area contributed by atoms with Crippen molar-refractivity contribution in [1.82, 2.24) is 9.97 Å². The van der Waals surface area contributed by atoms with Gasteiger partial charge < -0.3 is 14.4 Å². The average molecular weight is 335 g/mol. The number of aromatic nitrogens is 2. The number of aryl methyl sites for hydroxylation is 1. The minimum absolute atomic E-state index is 0.114. The summed E-state index contributed by atoms with van der Waals surface area (Å²) in [6.07, 6.45) is 1.64. The lowest BCUT2D eigenvalue weighted by molar-refractivity contribution is 0.517. The predicted molar refractivity (Wildman–Crippen MR) is 79.4 cm³/mol. The molecular formula is C14H11BrN2O3. The molecule has 0 amide bonds. The molecule has 1 unspecified atom stereocenters. The van der Waals surface area contributed by atoms with Crippen LogP contribution in [0.4, 0.5) is 0 Å². The molecule has 0 saturated heterocycles. The van der Waals surface area contributed by atoms with Gasteiger partial charge in [0.25, 0.3) is 0 Å². The van der Waals surface area contributed by atoms with Crippen molar-refractivity contribution in [3.05, 3.63) is 68.1 Å². The van der Waals surface area contributed by atoms with Gasteiger partial charge in [-0.2, -0.15) is 0 Å². The van der Waals surface area contributed by atoms with Gasteiger partial charge in [0.05, 0.1) is 22.1 Å². The van der Waals surface area contributed by atoms with Crippen LogP contribution in [0.5, 0.6) is 0 Å². The molecule has 0 spiro atoms. The first-order chi connectivity index (χ1) is 9.56. The van der Waals surface area contributed by atoms with Crippen LogP contribution in [0, 0.1) is 6.92 Å². The van der Waals surface area contributed by atoms with Gasteiger partial charge in [-0.1, -0.05) is 22.0 Å². The summed E-state index contributed by atoms with van der Waals surface area (Å²) in [5.74, 6) is 0.816. The third kappa shape index (κ3) is 2.12. The van der Waals surface area contributed by atoms with Crippen molar-refractivity contribution in [2.75, 3.05) is 0 Å². The zero-order chi connectivity index (χ0) is 14.3. The van der Waals surface area contributed by atoms with Gasteiger partial charge in [-0.3, -0.25) is 9.59 Å². The number of halogens is 1. The summed E-state index contributed by atoms with van der Waals surface area (Å²) >= 11 is 3.59. The van der Waals surface area contributed by atoms with Gasteiger partial charge >= 0.3 is 11.1 Å². The van der Waals surface area contributed by atoms with Crippen LogP contribution in [0.25, 0.3) is 11.0 Å². The van der Waals surface area contributed by atoms with Crippen molar-refractivity contribution in [3.63, 3.8) is 0 Å². The molecule has 0 radical (unpaired) electrons. The first kappa shape index (κ1) is 12.9. The Morgan fingerprint density at radius 3 is 2.45 bits per heavy atom. The first-order valence-corrected chi connectivity index (χ1v) is 6.92. The summed E-state index contributed by atoms with van der Waals surface area (Å²) in [4.78, 5) is 27.6. The molecule has 0 aliphatic rings. The van der Waals surface area contributed by atoms with Gasteiger partial charge in [-0.25, -0.2) is 0 Å². The van der Waals surface area contributed by atoms with E-state index in [4.69, 9.17) is 4.42 Å². The molecule has 20 heavy (non-hydrogen) atoms. The lowest BCUT2D eigenvalue weighted by Crippen LogP contribution is -2.28. The van der Waals surface area contributed by atoms with Crippen molar-refractivity contribution >= 4 is 27.0 Å². The van der Waals surface area contributed by atoms with Crippen LogP contribution in [0.3, 0.4) is 0 Å². The van der Waals surface area contributed by atoms with E-state index in [2.05, 4.69) is 25.9 Å². The van der Waals surface area contributed by atoms with Crippen LogP contribution in [0.1, 0.15) is 21.7 Å². The third-order valence-electron chi connectivity index (χ3n) is 3.17. The lowest BCUT2D eigenvalue weighted by Gasteiger charge is -2.09. The number of rotatable bonds is 2. The molecule has 2 heterocycles. The summed E-state index contributed by atoms with van der Waals surface area (Å²) in [7, 11) is 0. The Kier molecular flexibility index (Phi) is 3.10. The van der Waals surface area contributed by atoms with Gasteiger partial charge in [-0.15, -0.1) is 0 Å². The fourth-order valence-electron chi connectivity index (χ4n) is 2.09. The molecule has 0 bridgehead atoms. The van der Waals surface area contributed by atoms with Crippen molar-refractivity contribution < 1.29 is 4.42 Å². The van der Waals surface area contributed by atoms with Crippen LogP contribution in [0.2, 0.25) is 0 Å². The number of H-pyrrole nitrogens is 2. The molecular weight excluding hydrogens is 324 g/mol. The highest BCUT2D eigenvalue weighted by molar-refractivity contribution is 9.09. The van der Waals surface area contributed by atoms with E-state index < -0.39 is 11.1 Å². The summed E-state index contributed by atoms with van der Waals surface area (Å²) in [6, 6.07) is 7.34. The number of aromatic amines is 2. The van der Waals surface area contributed by atoms with Crippen molar-refractivity contribution in [2.45, 2.75) is 11.8 Å². The molecule has 3 aromatic rings. The van der Waals surface area contributed by atoms with E-state index in [0.29, 0.717) is 11.0 Å². The summed E-state index contributed by atoms with van der Waals surface area (Å²) in [5, 5.41) is 0. The van der Waals surface area contributed by atoms with E-state index in [1.807, 2.05) is 25.1 Å². The van der Waals surface area contributed by atoms with Crippen LogP contribution in [-0.2, 0) is 0 Å². The standard InChI is InChI=1S/C14H11BrN2O3/c1-7-4-5-20-12(7)11(15)8-2-3-9-10(6-8)17-14(19)13(18)16-9/h2-6,11H,1H3,(H,16,18)(H,17,19). The monoisotopic (exact) mass is 334 g/mol. The Hall–Kier alpha value is -2.08. The molecule has 5 nitrogen and oxygen atoms in total. The highest BCUT2D eigenvalue weighted by Crippen LogP contribution is 2.33. The molecule has 1 aromatic carbocycles. The molecule has 6 heteroatoms. The number of alkyl halides is 1. The Labute approximate surface area is 121 Å². The number of hydrogen-bond acceptors (Lipinski definition) is 3. The van der Waals surface area contributed by atoms with E-state index in [9.17, 15) is 9.59 Å². The van der Waals surface area contributed by atoms with Crippen LogP contribution >= 0.6 is 15.9 Å². The molecule has 1 atom stereocenters. The molecule has 0 fully saturated rings. The third-order valence-corrected chi connectivity index (χ3v) is 4.12. The van der Waals surface area contributed by atoms with E-state index >= 15 is 0 Å². The zero-order valence-corrected chi connectivity index (χ0v) is 12.2. The summed E-state index contributed by atoms with van der Waals surface area (Å²) in [6.45, 7) is 1.97. The number of hydrogen-bond donors (Lipinski definition) is 2. The number of fused-ring (bicyclic) bond motifs is 1. The Balaban J connectivity index is 2.14. The van der Waals surface area contributed by atoms with E-state index in [-0.39, 0.29) is 4.83 Å². The van der Waals surface area contributed by atoms with Crippen LogP contribution in [-0.4, -0.2) is 9.97 Å². The van der Waals surface area contributed by atoms with Gasteiger partial charge in [0.1, 0.15) is 5.76 Å². The Morgan fingerprint density at radius 2 is 1.80 bits per heavy atom. The molecule has 2 N–H and O–H groups in total. The lowest BCUT2D eigenvalue weighted by atomic mass is 10.1. The normalized spacial score (nSPS) is 12.7. The van der Waals surface area contributed by atoms with Crippen LogP contribution < -0.4 is 11.1 Å². The second-order valence-electron chi connectivity index (χ2n) is 4.54. The Morgan fingerprint density at radius 1 is 1.10 bits per heavy atom. The summed E-state index contributed by atoms with van der Waals surface area (Å²) in [5.41, 5.74) is 1.84. The first-order valence-electron chi connectivity index (χ1n) is 6.00. The highest BCUT2D eigenvalue weighted by atomic mass is 79.9. The second kappa shape index (κ2) is 4.79. The molecule has 2 aromatic heterocycles. The van der Waals surface area contributed by atoms with Gasteiger partial charge in [0.2, 0.25) is 0 Å². The maximum Gasteiger partial charge on any atom is 0.314 e. The van der Waals surface area contributed by atoms with Crippen molar-refractivity contribution in [3.8, 4) is 0 Å². The SMILES string of the molecule is Cc1ccoc1C(Br)c1ccc2[nH]c(=O)c(=O)[nH]c2c1. The fraction of sp³-hybridized carbons (Fsp3) is 0.143. The molecule has 3 rings (SSSR count). The maximum absolute atomic E-state index is 11.4. The predicted octanol–water partition coefficient (Wildman–Crippen LogP) is 2.60. The van der Waals surface area contributed by atoms with Crippen molar-refractivity contribution in [1.29, 1.82) is 0 Å². The van der Waals surface area contributed by atoms with E-state index in [1.54, 1.807) is 12.3 Å². The van der Waals surface area contributed by atoms with E-state index in [0.717, 1.165) is 16.9 Å². The minimum atomic E-state index is -0.657. The number of nitrogens with one attached hydrogen (secondary N) is 2. The minimum Gasteiger partial charge on any atom is -0.468 e. The van der Waals surface area contributed by atoms with Crippen LogP contribution in [0.15, 0.2) is 44.5 Å². The topological polar surface area (TPSA) is 78.9 Å². The quantitative estimate of drug-likeness (QED) is 0.558. The molecule has 102 valence electrons. The van der Waals surface area contributed by atoms with E-state index in [1.165, 1.54) is 0 Å². The van der Waals surface area contributed by atoms with Gasteiger partial charge in [-0.05, 0) is 36.2 Å². The summed E-state index contributed by atoms with van der Waals surface area (Å²) < 4.78 is 5.46. The van der Waals surface area contributed by atoms with Gasteiger partial charge in [0, 0.05) is 0 Å².